The maximum Gasteiger partial charge on any atom is 0.282 e. The summed E-state index contributed by atoms with van der Waals surface area (Å²) in [5.41, 5.74) is 0. The molecule has 8 heteroatoms. The van der Waals surface area contributed by atoms with Crippen molar-refractivity contribution in [3.63, 3.8) is 0 Å². The van der Waals surface area contributed by atoms with E-state index in [0.29, 0.717) is 13.0 Å². The summed E-state index contributed by atoms with van der Waals surface area (Å²) in [6.45, 7) is 0.653. The lowest BCUT2D eigenvalue weighted by Gasteiger charge is -2.10. The molecule has 16 heavy (non-hydrogen) atoms. The largest absolute Gasteiger partial charge is 0.344 e. The zero-order chi connectivity index (χ0) is 11.7. The minimum atomic E-state index is -0.458. The first-order chi connectivity index (χ1) is 7.58. The van der Waals surface area contributed by atoms with E-state index >= 15 is 0 Å². The van der Waals surface area contributed by atoms with Crippen LogP contribution in [0.15, 0.2) is 0 Å². The van der Waals surface area contributed by atoms with Crippen molar-refractivity contribution in [2.75, 3.05) is 13.6 Å². The van der Waals surface area contributed by atoms with E-state index in [1.165, 1.54) is 0 Å². The molecule has 2 heterocycles. The SMILES string of the molecule is CN1CCC(NC(=O)c2nnc(Cl)s2)C1=O. The Morgan fingerprint density at radius 2 is 2.38 bits per heavy atom. The number of likely N-dealkylation sites (tertiary alicyclic amines) is 1. The van der Waals surface area contributed by atoms with Crippen LogP contribution >= 0.6 is 22.9 Å². The van der Waals surface area contributed by atoms with Crippen molar-refractivity contribution < 1.29 is 9.59 Å². The van der Waals surface area contributed by atoms with E-state index < -0.39 is 11.9 Å². The number of carbonyl (C=O) groups excluding carboxylic acids is 2. The monoisotopic (exact) mass is 260 g/mol. The average molecular weight is 261 g/mol. The molecule has 0 bridgehead atoms. The van der Waals surface area contributed by atoms with Gasteiger partial charge in [0.1, 0.15) is 6.04 Å². The Hall–Kier alpha value is -1.21. The number of likely N-dealkylation sites (N-methyl/N-ethyl adjacent to an activating group) is 1. The van der Waals surface area contributed by atoms with Crippen LogP contribution < -0.4 is 5.32 Å². The minimum absolute atomic E-state index is 0.0797. The lowest BCUT2D eigenvalue weighted by atomic mass is 10.2. The highest BCUT2D eigenvalue weighted by Gasteiger charge is 2.31. The molecule has 0 radical (unpaired) electrons. The van der Waals surface area contributed by atoms with Crippen molar-refractivity contribution in [2.24, 2.45) is 0 Å². The highest BCUT2D eigenvalue weighted by atomic mass is 35.5. The summed E-state index contributed by atoms with van der Waals surface area (Å²) in [6, 6.07) is -0.458. The third-order valence-corrected chi connectivity index (χ3v) is 3.34. The van der Waals surface area contributed by atoms with Crippen LogP contribution in [-0.4, -0.2) is 46.5 Å². The van der Waals surface area contributed by atoms with Crippen molar-refractivity contribution >= 4 is 34.8 Å². The zero-order valence-electron chi connectivity index (χ0n) is 8.44. The summed E-state index contributed by atoms with van der Waals surface area (Å²) >= 11 is 6.55. The number of rotatable bonds is 2. The molecule has 0 aliphatic carbocycles. The molecule has 1 aliphatic heterocycles. The normalized spacial score (nSPS) is 20.2. The van der Waals surface area contributed by atoms with Crippen LogP contribution in [0.25, 0.3) is 0 Å². The Balaban J connectivity index is 2.01. The van der Waals surface area contributed by atoms with E-state index in [2.05, 4.69) is 15.5 Å². The van der Waals surface area contributed by atoms with E-state index in [1.54, 1.807) is 11.9 Å². The van der Waals surface area contributed by atoms with Gasteiger partial charge in [-0.2, -0.15) is 0 Å². The molecule has 1 N–H and O–H groups in total. The number of halogens is 1. The van der Waals surface area contributed by atoms with Crippen LogP contribution in [0.5, 0.6) is 0 Å². The quantitative estimate of drug-likeness (QED) is 0.822. The number of nitrogens with zero attached hydrogens (tertiary/aromatic N) is 3. The van der Waals surface area contributed by atoms with Gasteiger partial charge in [-0.1, -0.05) is 11.3 Å². The molecule has 1 saturated heterocycles. The summed E-state index contributed by atoms with van der Waals surface area (Å²) < 4.78 is 0.208. The maximum atomic E-state index is 11.6. The van der Waals surface area contributed by atoms with Gasteiger partial charge >= 0.3 is 0 Å². The summed E-state index contributed by atoms with van der Waals surface area (Å²) in [6.07, 6.45) is 0.619. The number of aromatic nitrogens is 2. The van der Waals surface area contributed by atoms with Gasteiger partial charge in [0.05, 0.1) is 0 Å². The van der Waals surface area contributed by atoms with Gasteiger partial charge in [-0.3, -0.25) is 9.59 Å². The molecule has 1 atom stereocenters. The molecule has 2 rings (SSSR count). The van der Waals surface area contributed by atoms with Crippen molar-refractivity contribution in [1.82, 2.24) is 20.4 Å². The summed E-state index contributed by atoms with van der Waals surface area (Å²) in [5.74, 6) is -0.484. The standard InChI is InChI=1S/C8H9ClN4O2S/c1-13-3-2-4(7(13)15)10-5(14)6-11-12-8(9)16-6/h4H,2-3H2,1H3,(H,10,14). The fourth-order valence-electron chi connectivity index (χ4n) is 1.47. The van der Waals surface area contributed by atoms with Crippen LogP contribution in [0.3, 0.4) is 0 Å². The third-order valence-electron chi connectivity index (χ3n) is 2.33. The smallest absolute Gasteiger partial charge is 0.282 e. The molecule has 2 amide bonds. The molecule has 6 nitrogen and oxygen atoms in total. The number of carbonyl (C=O) groups is 2. The molecular weight excluding hydrogens is 252 g/mol. The van der Waals surface area contributed by atoms with Crippen molar-refractivity contribution in [3.8, 4) is 0 Å². The van der Waals surface area contributed by atoms with Gasteiger partial charge in [-0.15, -0.1) is 10.2 Å². The third kappa shape index (κ3) is 2.14. The first-order valence-electron chi connectivity index (χ1n) is 4.63. The van der Waals surface area contributed by atoms with Gasteiger partial charge in [0, 0.05) is 13.6 Å². The second-order valence-corrected chi connectivity index (χ2v) is 4.99. The lowest BCUT2D eigenvalue weighted by Crippen LogP contribution is -2.40. The van der Waals surface area contributed by atoms with Crippen molar-refractivity contribution in [3.05, 3.63) is 9.47 Å². The van der Waals surface area contributed by atoms with Gasteiger partial charge in [0.25, 0.3) is 5.91 Å². The van der Waals surface area contributed by atoms with Crippen LogP contribution in [0.2, 0.25) is 4.47 Å². The molecule has 1 aliphatic rings. The van der Waals surface area contributed by atoms with E-state index in [-0.39, 0.29) is 15.4 Å². The second-order valence-electron chi connectivity index (χ2n) is 3.43. The molecular formula is C8H9ClN4O2S. The van der Waals surface area contributed by atoms with Crippen LogP contribution in [0.4, 0.5) is 0 Å². The predicted molar refractivity (Wildman–Crippen MR) is 58.4 cm³/mol. The van der Waals surface area contributed by atoms with E-state index in [9.17, 15) is 9.59 Å². The summed E-state index contributed by atoms with van der Waals surface area (Å²) in [5, 5.41) is 9.91. The first-order valence-corrected chi connectivity index (χ1v) is 5.82. The van der Waals surface area contributed by atoms with Gasteiger partial charge in [0.15, 0.2) is 0 Å². The molecule has 0 spiro atoms. The second kappa shape index (κ2) is 4.34. The fraction of sp³-hybridized carbons (Fsp3) is 0.500. The number of hydrogen-bond acceptors (Lipinski definition) is 5. The topological polar surface area (TPSA) is 75.2 Å². The Morgan fingerprint density at radius 1 is 1.62 bits per heavy atom. The van der Waals surface area contributed by atoms with E-state index in [0.717, 1.165) is 11.3 Å². The summed E-state index contributed by atoms with van der Waals surface area (Å²) in [7, 11) is 1.70. The molecule has 1 unspecified atom stereocenters. The minimum Gasteiger partial charge on any atom is -0.344 e. The fourth-order valence-corrected chi connectivity index (χ4v) is 2.20. The maximum absolute atomic E-state index is 11.6. The van der Waals surface area contributed by atoms with Crippen molar-refractivity contribution in [1.29, 1.82) is 0 Å². The Morgan fingerprint density at radius 3 is 2.88 bits per heavy atom. The summed E-state index contributed by atoms with van der Waals surface area (Å²) in [4.78, 5) is 24.7. The van der Waals surface area contributed by atoms with Gasteiger partial charge < -0.3 is 10.2 Å². The van der Waals surface area contributed by atoms with Crippen LogP contribution in [0.1, 0.15) is 16.2 Å². The highest BCUT2D eigenvalue weighted by molar-refractivity contribution is 7.17. The lowest BCUT2D eigenvalue weighted by molar-refractivity contribution is -0.128. The predicted octanol–water partition coefficient (Wildman–Crippen LogP) is 0.152. The van der Waals surface area contributed by atoms with Crippen LogP contribution in [0, 0.1) is 0 Å². The van der Waals surface area contributed by atoms with E-state index in [1.807, 2.05) is 0 Å². The number of nitrogens with one attached hydrogen (secondary N) is 1. The van der Waals surface area contributed by atoms with E-state index in [4.69, 9.17) is 11.6 Å². The highest BCUT2D eigenvalue weighted by Crippen LogP contribution is 2.15. The average Bonchev–Trinajstić information content (AvgIpc) is 2.79. The Kier molecular flexibility index (Phi) is 3.06. The van der Waals surface area contributed by atoms with Gasteiger partial charge in [-0.05, 0) is 18.0 Å². The van der Waals surface area contributed by atoms with Gasteiger partial charge in [-0.25, -0.2) is 0 Å². The molecule has 1 aromatic rings. The zero-order valence-corrected chi connectivity index (χ0v) is 10.0. The van der Waals surface area contributed by atoms with Crippen LogP contribution in [-0.2, 0) is 4.79 Å². The van der Waals surface area contributed by atoms with Crippen molar-refractivity contribution in [2.45, 2.75) is 12.5 Å². The molecule has 1 aromatic heterocycles. The van der Waals surface area contributed by atoms with Gasteiger partial charge in [0.2, 0.25) is 15.4 Å². The molecule has 1 fully saturated rings. The first kappa shape index (κ1) is 11.3. The molecule has 86 valence electrons. The molecule has 0 saturated carbocycles. The number of amides is 2. The Labute approximate surface area is 101 Å². The Bertz CT molecular complexity index is 435. The molecule has 0 aromatic carbocycles. The number of hydrogen-bond donors (Lipinski definition) is 1.